The largest absolute Gasteiger partial charge is 0.507 e. The first-order valence-electron chi connectivity index (χ1n) is 6.40. The van der Waals surface area contributed by atoms with Crippen LogP contribution in [0.1, 0.15) is 28.4 Å². The van der Waals surface area contributed by atoms with Crippen molar-refractivity contribution in [1.29, 1.82) is 0 Å². The molecule has 0 aromatic heterocycles. The van der Waals surface area contributed by atoms with Crippen LogP contribution in [0.15, 0.2) is 48.5 Å². The van der Waals surface area contributed by atoms with E-state index in [9.17, 15) is 9.90 Å². The Kier molecular flexibility index (Phi) is 4.59. The minimum atomic E-state index is -0.215. The first kappa shape index (κ1) is 14.4. The van der Waals surface area contributed by atoms with E-state index in [0.29, 0.717) is 10.6 Å². The van der Waals surface area contributed by atoms with Crippen molar-refractivity contribution in [2.75, 3.05) is 0 Å². The molecule has 2 aromatic rings. The summed E-state index contributed by atoms with van der Waals surface area (Å²) in [4.78, 5) is 12.1. The number of phenolic OH excluding ortho intramolecular Hbond substituents is 1. The van der Waals surface area contributed by atoms with Gasteiger partial charge in [0.25, 0.3) is 0 Å². The molecule has 0 saturated heterocycles. The molecule has 0 spiro atoms. The van der Waals surface area contributed by atoms with E-state index in [-0.39, 0.29) is 11.5 Å². The standard InChI is InChI=1S/C17H15ClO2/c1-2-12-5-9-16(19)15(11-12)17(20)10-6-13-3-7-14(18)8-4-13/h3-11,19H,2H2,1H3. The fraction of sp³-hybridized carbons (Fsp3) is 0.118. The number of ketones is 1. The summed E-state index contributed by atoms with van der Waals surface area (Å²) in [6, 6.07) is 12.3. The van der Waals surface area contributed by atoms with E-state index >= 15 is 0 Å². The molecule has 20 heavy (non-hydrogen) atoms. The highest BCUT2D eigenvalue weighted by molar-refractivity contribution is 6.30. The minimum absolute atomic E-state index is 0.00737. The molecule has 0 bridgehead atoms. The van der Waals surface area contributed by atoms with Crippen molar-refractivity contribution in [3.8, 4) is 5.75 Å². The molecule has 0 aliphatic rings. The van der Waals surface area contributed by atoms with Crippen LogP contribution >= 0.6 is 11.6 Å². The summed E-state index contributed by atoms with van der Waals surface area (Å²) in [5, 5.41) is 10.4. The van der Waals surface area contributed by atoms with Crippen LogP contribution < -0.4 is 0 Å². The fourth-order valence-electron chi connectivity index (χ4n) is 1.84. The van der Waals surface area contributed by atoms with E-state index in [1.165, 1.54) is 6.08 Å². The maximum atomic E-state index is 12.1. The van der Waals surface area contributed by atoms with Crippen molar-refractivity contribution in [2.24, 2.45) is 0 Å². The van der Waals surface area contributed by atoms with Crippen LogP contribution in [0.2, 0.25) is 5.02 Å². The summed E-state index contributed by atoms with van der Waals surface area (Å²) in [5.41, 5.74) is 2.23. The van der Waals surface area contributed by atoms with E-state index in [2.05, 4.69) is 0 Å². The van der Waals surface area contributed by atoms with E-state index in [0.717, 1.165) is 17.5 Å². The minimum Gasteiger partial charge on any atom is -0.507 e. The van der Waals surface area contributed by atoms with Crippen molar-refractivity contribution in [1.82, 2.24) is 0 Å². The van der Waals surface area contributed by atoms with Gasteiger partial charge in [0.15, 0.2) is 5.78 Å². The number of carbonyl (C=O) groups excluding carboxylic acids is 1. The normalized spacial score (nSPS) is 10.9. The average Bonchev–Trinajstić information content (AvgIpc) is 2.47. The Morgan fingerprint density at radius 2 is 1.90 bits per heavy atom. The lowest BCUT2D eigenvalue weighted by Gasteiger charge is -2.03. The van der Waals surface area contributed by atoms with Gasteiger partial charge in [0.2, 0.25) is 0 Å². The Labute approximate surface area is 123 Å². The van der Waals surface area contributed by atoms with Gasteiger partial charge in [-0.05, 0) is 47.9 Å². The third-order valence-electron chi connectivity index (χ3n) is 3.03. The number of rotatable bonds is 4. The first-order chi connectivity index (χ1) is 9.60. The van der Waals surface area contributed by atoms with Gasteiger partial charge in [-0.25, -0.2) is 0 Å². The van der Waals surface area contributed by atoms with Gasteiger partial charge < -0.3 is 5.11 Å². The second-order valence-electron chi connectivity index (χ2n) is 4.45. The second kappa shape index (κ2) is 6.40. The SMILES string of the molecule is CCc1ccc(O)c(C(=O)C=Cc2ccc(Cl)cc2)c1. The number of benzene rings is 2. The monoisotopic (exact) mass is 286 g/mol. The van der Waals surface area contributed by atoms with Crippen LogP contribution in [0, 0.1) is 0 Å². The molecule has 0 aliphatic heterocycles. The Morgan fingerprint density at radius 3 is 2.55 bits per heavy atom. The molecular weight excluding hydrogens is 272 g/mol. The lowest BCUT2D eigenvalue weighted by molar-refractivity contribution is 0.104. The van der Waals surface area contributed by atoms with Crippen LogP contribution in [0.25, 0.3) is 6.08 Å². The molecule has 0 heterocycles. The molecule has 1 N–H and O–H groups in total. The smallest absolute Gasteiger partial charge is 0.189 e. The van der Waals surface area contributed by atoms with Gasteiger partial charge in [-0.3, -0.25) is 4.79 Å². The first-order valence-corrected chi connectivity index (χ1v) is 6.78. The molecule has 0 saturated carbocycles. The number of aromatic hydroxyl groups is 1. The van der Waals surface area contributed by atoms with E-state index in [1.54, 1.807) is 30.3 Å². The average molecular weight is 287 g/mol. The van der Waals surface area contributed by atoms with Crippen molar-refractivity contribution >= 4 is 23.5 Å². The molecule has 0 radical (unpaired) electrons. The summed E-state index contributed by atoms with van der Waals surface area (Å²) in [6.07, 6.45) is 3.98. The zero-order valence-electron chi connectivity index (χ0n) is 11.1. The van der Waals surface area contributed by atoms with Crippen LogP contribution in [0.4, 0.5) is 0 Å². The van der Waals surface area contributed by atoms with Crippen molar-refractivity contribution in [2.45, 2.75) is 13.3 Å². The zero-order valence-corrected chi connectivity index (χ0v) is 11.9. The van der Waals surface area contributed by atoms with Gasteiger partial charge in [-0.2, -0.15) is 0 Å². The highest BCUT2D eigenvalue weighted by atomic mass is 35.5. The van der Waals surface area contributed by atoms with Gasteiger partial charge in [0.05, 0.1) is 5.56 Å². The predicted octanol–water partition coefficient (Wildman–Crippen LogP) is 4.50. The number of halogens is 1. The maximum Gasteiger partial charge on any atom is 0.189 e. The topological polar surface area (TPSA) is 37.3 Å². The Hall–Kier alpha value is -2.06. The number of hydrogen-bond acceptors (Lipinski definition) is 2. The van der Waals surface area contributed by atoms with Crippen LogP contribution in [-0.4, -0.2) is 10.9 Å². The predicted molar refractivity (Wildman–Crippen MR) is 82.3 cm³/mol. The summed E-state index contributed by atoms with van der Waals surface area (Å²) >= 11 is 5.80. The van der Waals surface area contributed by atoms with Crippen LogP contribution in [0.3, 0.4) is 0 Å². The molecule has 0 aliphatic carbocycles. The highest BCUT2D eigenvalue weighted by Gasteiger charge is 2.08. The number of carbonyl (C=O) groups is 1. The van der Waals surface area contributed by atoms with Gasteiger partial charge in [0.1, 0.15) is 5.75 Å². The van der Waals surface area contributed by atoms with Gasteiger partial charge >= 0.3 is 0 Å². The molecular formula is C17H15ClO2. The quantitative estimate of drug-likeness (QED) is 0.663. The summed E-state index contributed by atoms with van der Waals surface area (Å²) in [7, 11) is 0. The van der Waals surface area contributed by atoms with E-state index < -0.39 is 0 Å². The van der Waals surface area contributed by atoms with Crippen LogP contribution in [0.5, 0.6) is 5.75 Å². The lowest BCUT2D eigenvalue weighted by Crippen LogP contribution is -1.96. The molecule has 2 rings (SSSR count). The van der Waals surface area contributed by atoms with Crippen molar-refractivity contribution in [3.63, 3.8) is 0 Å². The van der Waals surface area contributed by atoms with Crippen LogP contribution in [-0.2, 0) is 6.42 Å². The third kappa shape index (κ3) is 3.49. The number of allylic oxidation sites excluding steroid dienone is 1. The molecule has 0 atom stereocenters. The number of phenols is 1. The van der Waals surface area contributed by atoms with Crippen molar-refractivity contribution < 1.29 is 9.90 Å². The van der Waals surface area contributed by atoms with Gasteiger partial charge in [-0.15, -0.1) is 0 Å². The van der Waals surface area contributed by atoms with Crippen molar-refractivity contribution in [3.05, 3.63) is 70.3 Å². The molecule has 2 aromatic carbocycles. The summed E-state index contributed by atoms with van der Waals surface area (Å²) in [6.45, 7) is 2.00. The molecule has 0 amide bonds. The van der Waals surface area contributed by atoms with E-state index in [1.807, 2.05) is 25.1 Å². The van der Waals surface area contributed by atoms with E-state index in [4.69, 9.17) is 11.6 Å². The Bertz CT molecular complexity index is 643. The summed E-state index contributed by atoms with van der Waals surface area (Å²) < 4.78 is 0. The van der Waals surface area contributed by atoms with Gasteiger partial charge in [-0.1, -0.05) is 42.8 Å². The van der Waals surface area contributed by atoms with Gasteiger partial charge in [0, 0.05) is 5.02 Å². The highest BCUT2D eigenvalue weighted by Crippen LogP contribution is 2.20. The second-order valence-corrected chi connectivity index (χ2v) is 4.89. The lowest BCUT2D eigenvalue weighted by atomic mass is 10.0. The number of aryl methyl sites for hydroxylation is 1. The Morgan fingerprint density at radius 1 is 1.20 bits per heavy atom. The fourth-order valence-corrected chi connectivity index (χ4v) is 1.96. The molecule has 2 nitrogen and oxygen atoms in total. The molecule has 102 valence electrons. The maximum absolute atomic E-state index is 12.1. The zero-order chi connectivity index (χ0) is 14.5. The summed E-state index contributed by atoms with van der Waals surface area (Å²) in [5.74, 6) is -0.208. The molecule has 0 fully saturated rings. The Balaban J connectivity index is 2.21. The molecule has 3 heteroatoms. The number of hydrogen-bond donors (Lipinski definition) is 1. The third-order valence-corrected chi connectivity index (χ3v) is 3.28. The molecule has 0 unspecified atom stereocenters.